The highest BCUT2D eigenvalue weighted by atomic mass is 32.2. The van der Waals surface area contributed by atoms with E-state index in [0.717, 1.165) is 0 Å². The highest BCUT2D eigenvalue weighted by Crippen LogP contribution is 2.27. The summed E-state index contributed by atoms with van der Waals surface area (Å²) in [5.74, 6) is -1.12. The molecule has 170 valence electrons. The Labute approximate surface area is 183 Å². The summed E-state index contributed by atoms with van der Waals surface area (Å²) in [6.07, 6.45) is 1.21. The van der Waals surface area contributed by atoms with E-state index in [-0.39, 0.29) is 29.6 Å². The average molecular weight is 450 g/mol. The van der Waals surface area contributed by atoms with Gasteiger partial charge in [-0.05, 0) is 33.8 Å². The highest BCUT2D eigenvalue weighted by molar-refractivity contribution is 7.92. The van der Waals surface area contributed by atoms with Gasteiger partial charge in [0.25, 0.3) is 0 Å². The molecule has 1 aromatic heterocycles. The first-order valence-electron chi connectivity index (χ1n) is 10.7. The lowest BCUT2D eigenvalue weighted by molar-refractivity contribution is -0.140. The van der Waals surface area contributed by atoms with Gasteiger partial charge in [0.05, 0.1) is 17.1 Å². The smallest absolute Gasteiger partial charge is 0.242 e. The van der Waals surface area contributed by atoms with Crippen LogP contribution in [0.3, 0.4) is 0 Å². The van der Waals surface area contributed by atoms with Gasteiger partial charge >= 0.3 is 0 Å². The van der Waals surface area contributed by atoms with E-state index >= 15 is 0 Å². The van der Waals surface area contributed by atoms with Gasteiger partial charge in [0.15, 0.2) is 9.84 Å². The SMILES string of the molecule is CCN(CC)C(=O)Cn1cc(S(=O)(=O)CC(=O)N2C[C@@H](C)O[C@@H](C)C2)c2ccccc21. The molecule has 0 aliphatic carbocycles. The standard InChI is InChI=1S/C22H31N3O5S/c1-5-23(6-2)21(26)14-24-13-20(18-9-7-8-10-19(18)24)31(28,29)15-22(27)25-11-16(3)30-17(4)12-25/h7-10,13,16-17H,5-6,11-12,14-15H2,1-4H3/t16-,17+. The van der Waals surface area contributed by atoms with E-state index in [1.807, 2.05) is 27.7 Å². The van der Waals surface area contributed by atoms with Crippen molar-refractivity contribution in [2.75, 3.05) is 31.9 Å². The molecular formula is C22H31N3O5S. The molecule has 1 aliphatic heterocycles. The summed E-state index contributed by atoms with van der Waals surface area (Å²) >= 11 is 0. The molecule has 3 rings (SSSR count). The summed E-state index contributed by atoms with van der Waals surface area (Å²) in [5.41, 5.74) is 0.655. The minimum Gasteiger partial charge on any atom is -0.372 e. The number of hydrogen-bond acceptors (Lipinski definition) is 5. The van der Waals surface area contributed by atoms with E-state index in [1.165, 1.54) is 6.20 Å². The molecule has 1 aromatic carbocycles. The summed E-state index contributed by atoms with van der Waals surface area (Å²) in [7, 11) is -3.89. The van der Waals surface area contributed by atoms with Crippen molar-refractivity contribution in [2.24, 2.45) is 0 Å². The van der Waals surface area contributed by atoms with Crippen LogP contribution in [0.2, 0.25) is 0 Å². The summed E-state index contributed by atoms with van der Waals surface area (Å²) in [6, 6.07) is 7.06. The molecule has 0 unspecified atom stereocenters. The molecule has 2 heterocycles. The van der Waals surface area contributed by atoms with E-state index in [1.54, 1.807) is 38.6 Å². The molecule has 0 bridgehead atoms. The summed E-state index contributed by atoms with van der Waals surface area (Å²) < 4.78 is 33.7. The minimum absolute atomic E-state index is 0.0458. The third kappa shape index (κ3) is 5.10. The van der Waals surface area contributed by atoms with Crippen molar-refractivity contribution in [1.29, 1.82) is 0 Å². The number of para-hydroxylation sites is 1. The molecule has 2 amide bonds. The molecule has 0 N–H and O–H groups in total. The number of amides is 2. The lowest BCUT2D eigenvalue weighted by Crippen LogP contribution is -2.49. The monoisotopic (exact) mass is 449 g/mol. The van der Waals surface area contributed by atoms with Gasteiger partial charge < -0.3 is 19.1 Å². The molecule has 1 aliphatic rings. The normalized spacial score (nSPS) is 19.5. The zero-order valence-electron chi connectivity index (χ0n) is 18.6. The van der Waals surface area contributed by atoms with Gasteiger partial charge in [0, 0.05) is 43.3 Å². The third-order valence-corrected chi connectivity index (χ3v) is 7.22. The Kier molecular flexibility index (Phi) is 7.06. The molecule has 1 fully saturated rings. The average Bonchev–Trinajstić information content (AvgIpc) is 3.07. The number of carbonyl (C=O) groups excluding carboxylic acids is 2. The van der Waals surface area contributed by atoms with Crippen molar-refractivity contribution in [1.82, 2.24) is 14.4 Å². The van der Waals surface area contributed by atoms with Gasteiger partial charge in [-0.1, -0.05) is 18.2 Å². The lowest BCUT2D eigenvalue weighted by Gasteiger charge is -2.35. The van der Waals surface area contributed by atoms with Gasteiger partial charge in [-0.15, -0.1) is 0 Å². The fourth-order valence-electron chi connectivity index (χ4n) is 4.13. The Bertz CT molecular complexity index is 1050. The van der Waals surface area contributed by atoms with Crippen molar-refractivity contribution in [2.45, 2.75) is 51.3 Å². The van der Waals surface area contributed by atoms with Crippen molar-refractivity contribution < 1.29 is 22.7 Å². The fraction of sp³-hybridized carbons (Fsp3) is 0.545. The zero-order valence-corrected chi connectivity index (χ0v) is 19.4. The number of nitrogens with zero attached hydrogens (tertiary/aromatic N) is 3. The van der Waals surface area contributed by atoms with Crippen LogP contribution in [0.1, 0.15) is 27.7 Å². The molecule has 0 radical (unpaired) electrons. The Balaban J connectivity index is 1.89. The molecule has 8 nitrogen and oxygen atoms in total. The Morgan fingerprint density at radius 1 is 1.10 bits per heavy atom. The number of sulfone groups is 1. The number of morpholine rings is 1. The summed E-state index contributed by atoms with van der Waals surface area (Å²) in [6.45, 7) is 9.51. The van der Waals surface area contributed by atoms with Gasteiger partial charge in [-0.3, -0.25) is 9.59 Å². The predicted octanol–water partition coefficient (Wildman–Crippen LogP) is 1.92. The van der Waals surface area contributed by atoms with Crippen molar-refractivity contribution in [3.8, 4) is 0 Å². The fourth-order valence-corrected chi connectivity index (χ4v) is 5.59. The topological polar surface area (TPSA) is 88.9 Å². The molecule has 2 aromatic rings. The molecule has 1 saturated heterocycles. The molecule has 31 heavy (non-hydrogen) atoms. The number of carbonyl (C=O) groups is 2. The van der Waals surface area contributed by atoms with Crippen LogP contribution in [0.25, 0.3) is 10.9 Å². The number of fused-ring (bicyclic) bond motifs is 1. The number of hydrogen-bond donors (Lipinski definition) is 0. The largest absolute Gasteiger partial charge is 0.372 e. The van der Waals surface area contributed by atoms with Crippen LogP contribution in [0.15, 0.2) is 35.4 Å². The number of likely N-dealkylation sites (N-methyl/N-ethyl adjacent to an activating group) is 1. The second kappa shape index (κ2) is 9.40. The first kappa shape index (κ1) is 23.3. The lowest BCUT2D eigenvalue weighted by atomic mass is 10.2. The number of benzene rings is 1. The Morgan fingerprint density at radius 2 is 1.71 bits per heavy atom. The van der Waals surface area contributed by atoms with Gasteiger partial charge in [-0.25, -0.2) is 8.42 Å². The van der Waals surface area contributed by atoms with Crippen molar-refractivity contribution >= 4 is 32.6 Å². The van der Waals surface area contributed by atoms with Gasteiger partial charge in [0.2, 0.25) is 11.8 Å². The van der Waals surface area contributed by atoms with E-state index in [9.17, 15) is 18.0 Å². The van der Waals surface area contributed by atoms with Crippen LogP contribution in [0.5, 0.6) is 0 Å². The van der Waals surface area contributed by atoms with E-state index in [2.05, 4.69) is 0 Å². The van der Waals surface area contributed by atoms with Gasteiger partial charge in [-0.2, -0.15) is 0 Å². The highest BCUT2D eigenvalue weighted by Gasteiger charge is 2.31. The first-order valence-corrected chi connectivity index (χ1v) is 12.3. The van der Waals surface area contributed by atoms with Crippen LogP contribution in [0.4, 0.5) is 0 Å². The second-order valence-electron chi connectivity index (χ2n) is 8.02. The molecular weight excluding hydrogens is 418 g/mol. The van der Waals surface area contributed by atoms with Gasteiger partial charge in [0.1, 0.15) is 12.3 Å². The van der Waals surface area contributed by atoms with Crippen molar-refractivity contribution in [3.63, 3.8) is 0 Å². The van der Waals surface area contributed by atoms with Crippen LogP contribution >= 0.6 is 0 Å². The van der Waals surface area contributed by atoms with E-state index < -0.39 is 21.5 Å². The molecule has 0 spiro atoms. The summed E-state index contributed by atoms with van der Waals surface area (Å²) in [4.78, 5) is 28.7. The minimum atomic E-state index is -3.89. The van der Waals surface area contributed by atoms with Crippen LogP contribution < -0.4 is 0 Å². The predicted molar refractivity (Wildman–Crippen MR) is 119 cm³/mol. The maximum absolute atomic E-state index is 13.2. The quantitative estimate of drug-likeness (QED) is 0.644. The number of ether oxygens (including phenoxy) is 1. The van der Waals surface area contributed by atoms with Crippen molar-refractivity contribution in [3.05, 3.63) is 30.5 Å². The first-order chi connectivity index (χ1) is 14.7. The number of aromatic nitrogens is 1. The summed E-state index contributed by atoms with van der Waals surface area (Å²) in [5, 5.41) is 0.520. The second-order valence-corrected chi connectivity index (χ2v) is 9.98. The van der Waals surface area contributed by atoms with E-state index in [0.29, 0.717) is 37.1 Å². The van der Waals surface area contributed by atoms with Crippen LogP contribution in [-0.2, 0) is 30.7 Å². The maximum atomic E-state index is 13.2. The van der Waals surface area contributed by atoms with Crippen LogP contribution in [0, 0.1) is 0 Å². The number of rotatable bonds is 7. The Hall–Kier alpha value is -2.39. The molecule has 2 atom stereocenters. The Morgan fingerprint density at radius 3 is 2.32 bits per heavy atom. The van der Waals surface area contributed by atoms with Crippen LogP contribution in [-0.4, -0.2) is 78.7 Å². The zero-order chi connectivity index (χ0) is 22.8. The molecule has 0 saturated carbocycles. The van der Waals surface area contributed by atoms with E-state index in [4.69, 9.17) is 4.74 Å². The third-order valence-electron chi connectivity index (χ3n) is 5.59. The maximum Gasteiger partial charge on any atom is 0.242 e. The molecule has 9 heteroatoms.